The average molecular weight is 342 g/mol. The van der Waals surface area contributed by atoms with Gasteiger partial charge in [0.15, 0.2) is 0 Å². The molecule has 1 aliphatic heterocycles. The number of methoxy groups -OCH3 is 1. The largest absolute Gasteiger partial charge is 0.383 e. The summed E-state index contributed by atoms with van der Waals surface area (Å²) in [6, 6.07) is 4.13. The molecule has 0 spiro atoms. The van der Waals surface area contributed by atoms with Crippen molar-refractivity contribution < 1.29 is 4.74 Å². The Morgan fingerprint density at radius 3 is 2.52 bits per heavy atom. The molecular weight excluding hydrogens is 316 g/mol. The molecule has 0 saturated carbocycles. The Hall–Kier alpha value is -2.12. The molecule has 3 heterocycles. The molecule has 1 fully saturated rings. The van der Waals surface area contributed by atoms with Crippen molar-refractivity contribution in [2.24, 2.45) is 0 Å². The van der Waals surface area contributed by atoms with Crippen LogP contribution in [0, 0.1) is 20.8 Å². The first-order chi connectivity index (χ1) is 12.0. The minimum Gasteiger partial charge on any atom is -0.383 e. The second-order valence-corrected chi connectivity index (χ2v) is 6.54. The molecule has 7 nitrogen and oxygen atoms in total. The monoisotopic (exact) mass is 342 g/mol. The number of aryl methyl sites for hydroxylation is 3. The van der Waals surface area contributed by atoms with E-state index in [0.717, 1.165) is 61.3 Å². The molecule has 0 amide bonds. The van der Waals surface area contributed by atoms with Crippen molar-refractivity contribution in [2.75, 3.05) is 32.1 Å². The molecule has 1 N–H and O–H groups in total. The highest BCUT2D eigenvalue weighted by Crippen LogP contribution is 2.30. The van der Waals surface area contributed by atoms with Crippen molar-refractivity contribution in [3.63, 3.8) is 0 Å². The fourth-order valence-electron chi connectivity index (χ4n) is 3.30. The van der Waals surface area contributed by atoms with Crippen LogP contribution in [0.3, 0.4) is 0 Å². The van der Waals surface area contributed by atoms with Gasteiger partial charge in [-0.3, -0.25) is 4.90 Å². The predicted molar refractivity (Wildman–Crippen MR) is 97.0 cm³/mol. The van der Waals surface area contributed by atoms with Gasteiger partial charge in [0, 0.05) is 36.8 Å². The smallest absolute Gasteiger partial charge is 0.228 e. The van der Waals surface area contributed by atoms with Gasteiger partial charge in [-0.2, -0.15) is 0 Å². The van der Waals surface area contributed by atoms with E-state index in [1.807, 2.05) is 32.9 Å². The molecule has 1 aliphatic rings. The normalized spacial score (nSPS) is 17.8. The van der Waals surface area contributed by atoms with Gasteiger partial charge in [-0.25, -0.2) is 19.9 Å². The summed E-state index contributed by atoms with van der Waals surface area (Å²) >= 11 is 0. The minimum atomic E-state index is 0.246. The van der Waals surface area contributed by atoms with Crippen LogP contribution in [0.1, 0.15) is 41.8 Å². The maximum Gasteiger partial charge on any atom is 0.228 e. The summed E-state index contributed by atoms with van der Waals surface area (Å²) in [5.41, 5.74) is 2.81. The lowest BCUT2D eigenvalue weighted by atomic mass is 10.2. The molecule has 2 aromatic heterocycles. The van der Waals surface area contributed by atoms with Crippen molar-refractivity contribution in [3.05, 3.63) is 35.0 Å². The third-order valence-electron chi connectivity index (χ3n) is 4.34. The minimum absolute atomic E-state index is 0.246. The quantitative estimate of drug-likeness (QED) is 0.865. The van der Waals surface area contributed by atoms with Crippen molar-refractivity contribution in [1.82, 2.24) is 24.8 Å². The SMILES string of the molecule is COCCN1CCC[C@@H]1c1nc(C)cc(Nc2nc(C)cc(C)n2)n1. The summed E-state index contributed by atoms with van der Waals surface area (Å²) in [6.45, 7) is 8.61. The third-order valence-corrected chi connectivity index (χ3v) is 4.34. The van der Waals surface area contributed by atoms with Crippen molar-refractivity contribution in [1.29, 1.82) is 0 Å². The van der Waals surface area contributed by atoms with Gasteiger partial charge in [0.05, 0.1) is 12.6 Å². The van der Waals surface area contributed by atoms with E-state index < -0.39 is 0 Å². The van der Waals surface area contributed by atoms with E-state index in [1.54, 1.807) is 7.11 Å². The third kappa shape index (κ3) is 4.49. The average Bonchev–Trinajstić information content (AvgIpc) is 2.99. The Bertz CT molecular complexity index is 715. The van der Waals surface area contributed by atoms with E-state index in [9.17, 15) is 0 Å². The maximum atomic E-state index is 5.23. The number of ether oxygens (including phenoxy) is 1. The number of hydrogen-bond donors (Lipinski definition) is 1. The van der Waals surface area contributed by atoms with Crippen LogP contribution in [0.25, 0.3) is 0 Å². The van der Waals surface area contributed by atoms with Crippen molar-refractivity contribution in [2.45, 2.75) is 39.7 Å². The molecule has 25 heavy (non-hydrogen) atoms. The summed E-state index contributed by atoms with van der Waals surface area (Å²) in [5.74, 6) is 2.18. The number of nitrogens with zero attached hydrogens (tertiary/aromatic N) is 5. The summed E-state index contributed by atoms with van der Waals surface area (Å²) < 4.78 is 5.23. The van der Waals surface area contributed by atoms with Gasteiger partial charge in [-0.1, -0.05) is 0 Å². The Kier molecular flexibility index (Phi) is 5.55. The zero-order valence-corrected chi connectivity index (χ0v) is 15.4. The van der Waals surface area contributed by atoms with Crippen molar-refractivity contribution >= 4 is 11.8 Å². The number of aromatic nitrogens is 4. The van der Waals surface area contributed by atoms with Crippen LogP contribution in [0.4, 0.5) is 11.8 Å². The van der Waals surface area contributed by atoms with E-state index >= 15 is 0 Å². The summed E-state index contributed by atoms with van der Waals surface area (Å²) in [7, 11) is 1.74. The van der Waals surface area contributed by atoms with Crippen LogP contribution >= 0.6 is 0 Å². The molecule has 3 rings (SSSR count). The van der Waals surface area contributed by atoms with E-state index in [4.69, 9.17) is 9.72 Å². The Morgan fingerprint density at radius 2 is 1.80 bits per heavy atom. The fraction of sp³-hybridized carbons (Fsp3) is 0.556. The van der Waals surface area contributed by atoms with Crippen molar-refractivity contribution in [3.8, 4) is 0 Å². The maximum absolute atomic E-state index is 5.23. The van der Waals surface area contributed by atoms with Crippen LogP contribution in [0.15, 0.2) is 12.1 Å². The van der Waals surface area contributed by atoms with Gasteiger partial charge in [-0.15, -0.1) is 0 Å². The lowest BCUT2D eigenvalue weighted by Crippen LogP contribution is -2.28. The second-order valence-electron chi connectivity index (χ2n) is 6.54. The number of likely N-dealkylation sites (tertiary alicyclic amines) is 1. The van der Waals surface area contributed by atoms with E-state index in [1.165, 1.54) is 0 Å². The van der Waals surface area contributed by atoms with Crippen LogP contribution in [0.5, 0.6) is 0 Å². The molecular formula is C18H26N6O. The van der Waals surface area contributed by atoms with Gasteiger partial charge in [0.2, 0.25) is 5.95 Å². The lowest BCUT2D eigenvalue weighted by Gasteiger charge is -2.23. The highest BCUT2D eigenvalue weighted by Gasteiger charge is 2.28. The first-order valence-corrected chi connectivity index (χ1v) is 8.73. The number of nitrogens with one attached hydrogen (secondary N) is 1. The molecule has 0 unspecified atom stereocenters. The molecule has 0 aliphatic carbocycles. The van der Waals surface area contributed by atoms with E-state index in [0.29, 0.717) is 5.95 Å². The first-order valence-electron chi connectivity index (χ1n) is 8.73. The summed E-state index contributed by atoms with van der Waals surface area (Å²) in [5, 5.41) is 3.23. The number of hydrogen-bond acceptors (Lipinski definition) is 7. The summed E-state index contributed by atoms with van der Waals surface area (Å²) in [6.07, 6.45) is 2.24. The van der Waals surface area contributed by atoms with Gasteiger partial charge < -0.3 is 10.1 Å². The topological polar surface area (TPSA) is 76.1 Å². The fourth-order valence-corrected chi connectivity index (χ4v) is 3.30. The first kappa shape index (κ1) is 17.7. The van der Waals surface area contributed by atoms with Crippen LogP contribution in [0.2, 0.25) is 0 Å². The molecule has 7 heteroatoms. The molecule has 0 aromatic carbocycles. The van der Waals surface area contributed by atoms with E-state index in [2.05, 4.69) is 25.2 Å². The van der Waals surface area contributed by atoms with Crippen LogP contribution in [-0.2, 0) is 4.74 Å². The zero-order chi connectivity index (χ0) is 17.8. The predicted octanol–water partition coefficient (Wildman–Crippen LogP) is 2.72. The number of rotatable bonds is 6. The second kappa shape index (κ2) is 7.84. The zero-order valence-electron chi connectivity index (χ0n) is 15.4. The molecule has 0 bridgehead atoms. The van der Waals surface area contributed by atoms with Gasteiger partial charge in [0.1, 0.15) is 11.6 Å². The Morgan fingerprint density at radius 1 is 1.08 bits per heavy atom. The molecule has 1 atom stereocenters. The lowest BCUT2D eigenvalue weighted by molar-refractivity contribution is 0.139. The van der Waals surface area contributed by atoms with Gasteiger partial charge in [0.25, 0.3) is 0 Å². The molecule has 2 aromatic rings. The molecule has 0 radical (unpaired) electrons. The Balaban J connectivity index is 1.82. The van der Waals surface area contributed by atoms with Gasteiger partial charge in [-0.05, 0) is 46.2 Å². The molecule has 1 saturated heterocycles. The Labute approximate surface area is 148 Å². The highest BCUT2D eigenvalue weighted by atomic mass is 16.5. The van der Waals surface area contributed by atoms with Crippen LogP contribution < -0.4 is 5.32 Å². The van der Waals surface area contributed by atoms with Crippen LogP contribution in [-0.4, -0.2) is 51.6 Å². The standard InChI is InChI=1S/C18H26N6O/c1-12-10-13(2)21-18(20-12)23-16-11-14(3)19-17(22-16)15-6-5-7-24(15)8-9-25-4/h10-11,15H,5-9H2,1-4H3,(H,19,20,21,22,23)/t15-/m1/s1. The van der Waals surface area contributed by atoms with Gasteiger partial charge >= 0.3 is 0 Å². The highest BCUT2D eigenvalue weighted by molar-refractivity contribution is 5.48. The molecule has 134 valence electrons. The summed E-state index contributed by atoms with van der Waals surface area (Å²) in [4.78, 5) is 20.7. The van der Waals surface area contributed by atoms with E-state index in [-0.39, 0.29) is 6.04 Å². The number of anilines is 2.